The summed E-state index contributed by atoms with van der Waals surface area (Å²) in [6, 6.07) is 20.7. The molecule has 0 bridgehead atoms. The first kappa shape index (κ1) is 18.7. The normalized spacial score (nSPS) is 11.6. The van der Waals surface area contributed by atoms with Gasteiger partial charge in [0.15, 0.2) is 0 Å². The van der Waals surface area contributed by atoms with Crippen LogP contribution in [-0.2, 0) is 0 Å². The fraction of sp³-hybridized carbons (Fsp3) is 0.167. The molecule has 29 heavy (non-hydrogen) atoms. The summed E-state index contributed by atoms with van der Waals surface area (Å²) in [4.78, 5) is 30.2. The quantitative estimate of drug-likeness (QED) is 0.545. The third-order valence-corrected chi connectivity index (χ3v) is 4.67. The molecule has 5 heteroatoms. The molecule has 2 aromatic heterocycles. The van der Waals surface area contributed by atoms with Crippen LogP contribution in [0, 0.1) is 0 Å². The molecule has 0 fully saturated rings. The van der Waals surface area contributed by atoms with Crippen molar-refractivity contribution in [2.75, 3.05) is 0 Å². The van der Waals surface area contributed by atoms with Crippen LogP contribution < -0.4 is 10.9 Å². The molecule has 4 aromatic rings. The summed E-state index contributed by atoms with van der Waals surface area (Å²) in [5.74, 6) is -0.300. The van der Waals surface area contributed by atoms with Gasteiger partial charge in [0.2, 0.25) is 0 Å². The lowest BCUT2D eigenvalue weighted by Gasteiger charge is -2.23. The first-order valence-corrected chi connectivity index (χ1v) is 9.56. The largest absolute Gasteiger partial charge is 0.359 e. The van der Waals surface area contributed by atoms with Gasteiger partial charge in [0.25, 0.3) is 11.5 Å². The third-order valence-electron chi connectivity index (χ3n) is 4.67. The van der Waals surface area contributed by atoms with Crippen LogP contribution in [-0.4, -0.2) is 21.0 Å². The maximum atomic E-state index is 13.7. The average Bonchev–Trinajstić information content (AvgIpc) is 3.16. The maximum absolute atomic E-state index is 13.7. The molecule has 0 aliphatic heterocycles. The summed E-state index contributed by atoms with van der Waals surface area (Å²) in [5, 5.41) is 3.72. The number of rotatable bonds is 3. The Labute approximate surface area is 169 Å². The van der Waals surface area contributed by atoms with Gasteiger partial charge in [-0.1, -0.05) is 48.5 Å². The number of hydrogen-bond donors (Lipinski definition) is 2. The van der Waals surface area contributed by atoms with Gasteiger partial charge in [0, 0.05) is 22.8 Å². The average molecular weight is 385 g/mol. The van der Waals surface area contributed by atoms with Gasteiger partial charge in [-0.3, -0.25) is 14.2 Å². The van der Waals surface area contributed by atoms with Gasteiger partial charge in [-0.15, -0.1) is 0 Å². The summed E-state index contributed by atoms with van der Waals surface area (Å²) < 4.78 is 1.50. The minimum atomic E-state index is -0.439. The van der Waals surface area contributed by atoms with E-state index in [9.17, 15) is 9.59 Å². The monoisotopic (exact) mass is 385 g/mol. The number of amides is 1. The van der Waals surface area contributed by atoms with Gasteiger partial charge >= 0.3 is 0 Å². The Balaban J connectivity index is 2.11. The molecule has 1 amide bonds. The second kappa shape index (κ2) is 7.09. The van der Waals surface area contributed by atoms with Gasteiger partial charge in [-0.05, 0) is 44.5 Å². The molecule has 0 radical (unpaired) electrons. The van der Waals surface area contributed by atoms with Crippen molar-refractivity contribution in [1.82, 2.24) is 14.9 Å². The molecule has 0 atom stereocenters. The molecule has 5 nitrogen and oxygen atoms in total. The van der Waals surface area contributed by atoms with Crippen molar-refractivity contribution in [2.24, 2.45) is 0 Å². The number of hydrogen-bond acceptors (Lipinski definition) is 2. The highest BCUT2D eigenvalue weighted by molar-refractivity contribution is 6.08. The predicted octanol–water partition coefficient (Wildman–Crippen LogP) is 4.51. The van der Waals surface area contributed by atoms with Crippen LogP contribution in [0.4, 0.5) is 0 Å². The van der Waals surface area contributed by atoms with Gasteiger partial charge in [-0.2, -0.15) is 0 Å². The van der Waals surface area contributed by atoms with Crippen molar-refractivity contribution in [1.29, 1.82) is 0 Å². The number of benzene rings is 2. The standard InChI is InChI=1S/C24H23N3O2/c1-24(2,3)26-22(28)21-20-18(14-15-25-20)19(16-10-6-4-7-11-16)23(29)27(21)17-12-8-5-9-13-17/h4-15,25H,1-3H3,(H,26,28). The van der Waals surface area contributed by atoms with Crippen LogP contribution in [0.3, 0.4) is 0 Å². The molecule has 0 unspecified atom stereocenters. The van der Waals surface area contributed by atoms with Crippen molar-refractivity contribution >= 4 is 16.8 Å². The van der Waals surface area contributed by atoms with E-state index in [1.54, 1.807) is 6.20 Å². The van der Waals surface area contributed by atoms with E-state index < -0.39 is 5.54 Å². The Morgan fingerprint density at radius 1 is 0.931 bits per heavy atom. The van der Waals surface area contributed by atoms with Crippen LogP contribution in [0.15, 0.2) is 77.7 Å². The van der Waals surface area contributed by atoms with Crippen LogP contribution in [0.5, 0.6) is 0 Å². The van der Waals surface area contributed by atoms with E-state index in [1.165, 1.54) is 4.57 Å². The van der Waals surface area contributed by atoms with E-state index in [4.69, 9.17) is 0 Å². The van der Waals surface area contributed by atoms with Crippen LogP contribution in [0.25, 0.3) is 27.7 Å². The Morgan fingerprint density at radius 3 is 2.17 bits per heavy atom. The second-order valence-corrected chi connectivity index (χ2v) is 8.04. The summed E-state index contributed by atoms with van der Waals surface area (Å²) in [6.45, 7) is 5.75. The molecular weight excluding hydrogens is 362 g/mol. The van der Waals surface area contributed by atoms with Crippen molar-refractivity contribution in [3.63, 3.8) is 0 Å². The van der Waals surface area contributed by atoms with E-state index in [0.717, 1.165) is 10.9 Å². The fourth-order valence-corrected chi connectivity index (χ4v) is 3.54. The molecule has 0 saturated heterocycles. The highest BCUT2D eigenvalue weighted by atomic mass is 16.2. The number of carbonyl (C=O) groups excluding carboxylic acids is 1. The van der Waals surface area contributed by atoms with Crippen molar-refractivity contribution in [2.45, 2.75) is 26.3 Å². The maximum Gasteiger partial charge on any atom is 0.270 e. The fourth-order valence-electron chi connectivity index (χ4n) is 3.54. The number of nitrogens with zero attached hydrogens (tertiary/aromatic N) is 1. The molecule has 2 N–H and O–H groups in total. The molecule has 0 aliphatic rings. The Bertz CT molecular complexity index is 1230. The Kier molecular flexibility index (Phi) is 4.59. The smallest absolute Gasteiger partial charge is 0.270 e. The van der Waals surface area contributed by atoms with Crippen LogP contribution in [0.2, 0.25) is 0 Å². The van der Waals surface area contributed by atoms with E-state index in [2.05, 4.69) is 10.3 Å². The number of H-pyrrole nitrogens is 1. The molecule has 2 heterocycles. The number of aromatic nitrogens is 2. The predicted molar refractivity (Wildman–Crippen MR) is 117 cm³/mol. The zero-order valence-electron chi connectivity index (χ0n) is 16.7. The molecule has 146 valence electrons. The summed E-state index contributed by atoms with van der Waals surface area (Å²) in [5.41, 5.74) is 2.29. The molecule has 2 aromatic carbocycles. The third kappa shape index (κ3) is 3.47. The van der Waals surface area contributed by atoms with Gasteiger partial charge in [0.1, 0.15) is 5.69 Å². The first-order chi connectivity index (χ1) is 13.9. The van der Waals surface area contributed by atoms with Crippen molar-refractivity contribution in [3.8, 4) is 16.8 Å². The lowest BCUT2D eigenvalue weighted by Crippen LogP contribution is -2.43. The molecule has 4 rings (SSSR count). The van der Waals surface area contributed by atoms with Crippen molar-refractivity contribution in [3.05, 3.63) is 89.0 Å². The molecule has 0 spiro atoms. The number of nitrogens with one attached hydrogen (secondary N) is 2. The topological polar surface area (TPSA) is 66.9 Å². The van der Waals surface area contributed by atoms with E-state index in [0.29, 0.717) is 22.5 Å². The molecule has 0 saturated carbocycles. The lowest BCUT2D eigenvalue weighted by atomic mass is 10.0. The number of para-hydroxylation sites is 1. The first-order valence-electron chi connectivity index (χ1n) is 9.56. The van der Waals surface area contributed by atoms with E-state index >= 15 is 0 Å². The zero-order chi connectivity index (χ0) is 20.6. The Hall–Kier alpha value is -3.60. The van der Waals surface area contributed by atoms with Gasteiger partial charge in [0.05, 0.1) is 11.1 Å². The number of carbonyl (C=O) groups is 1. The van der Waals surface area contributed by atoms with E-state index in [-0.39, 0.29) is 11.5 Å². The Morgan fingerprint density at radius 2 is 1.55 bits per heavy atom. The highest BCUT2D eigenvalue weighted by Gasteiger charge is 2.26. The zero-order valence-corrected chi connectivity index (χ0v) is 16.7. The lowest BCUT2D eigenvalue weighted by molar-refractivity contribution is 0.0913. The molecule has 0 aliphatic carbocycles. The van der Waals surface area contributed by atoms with E-state index in [1.807, 2.05) is 87.5 Å². The highest BCUT2D eigenvalue weighted by Crippen LogP contribution is 2.29. The second-order valence-electron chi connectivity index (χ2n) is 8.04. The minimum Gasteiger partial charge on any atom is -0.359 e. The van der Waals surface area contributed by atoms with Crippen LogP contribution >= 0.6 is 0 Å². The van der Waals surface area contributed by atoms with Crippen LogP contribution in [0.1, 0.15) is 31.3 Å². The number of fused-ring (bicyclic) bond motifs is 1. The van der Waals surface area contributed by atoms with Gasteiger partial charge < -0.3 is 10.3 Å². The SMILES string of the molecule is CC(C)(C)NC(=O)c1c2[nH]ccc2c(-c2ccccc2)c(=O)n1-c1ccccc1. The summed E-state index contributed by atoms with van der Waals surface area (Å²) in [7, 11) is 0. The number of aromatic amines is 1. The number of pyridine rings is 1. The summed E-state index contributed by atoms with van der Waals surface area (Å²) >= 11 is 0. The van der Waals surface area contributed by atoms with Gasteiger partial charge in [-0.25, -0.2) is 0 Å². The van der Waals surface area contributed by atoms with Crippen molar-refractivity contribution < 1.29 is 4.79 Å². The minimum absolute atomic E-state index is 0.228. The summed E-state index contributed by atoms with van der Waals surface area (Å²) in [6.07, 6.45) is 1.76. The molecular formula is C24H23N3O2.